The zero-order valence-corrected chi connectivity index (χ0v) is 11.7. The molecule has 0 aromatic heterocycles. The molecule has 2 aromatic carbocycles. The van der Waals surface area contributed by atoms with Crippen LogP contribution in [0, 0.1) is 0 Å². The number of nitrogens with two attached hydrogens (primary N) is 1. The third kappa shape index (κ3) is 3.43. The van der Waals surface area contributed by atoms with E-state index >= 15 is 0 Å². The molecule has 1 unspecified atom stereocenters. The average molecular weight is 275 g/mol. The minimum absolute atomic E-state index is 0.436. The summed E-state index contributed by atoms with van der Waals surface area (Å²) in [6.45, 7) is 0.436. The van der Waals surface area contributed by atoms with Gasteiger partial charge in [0.1, 0.15) is 5.75 Å². The third-order valence-electron chi connectivity index (χ3n) is 2.88. The highest BCUT2D eigenvalue weighted by Gasteiger charge is 2.07. The Morgan fingerprint density at radius 2 is 1.89 bits per heavy atom. The summed E-state index contributed by atoms with van der Waals surface area (Å²) in [6.07, 6.45) is 0. The summed E-state index contributed by atoms with van der Waals surface area (Å²) in [5, 5.41) is 0. The molecule has 0 aliphatic heterocycles. The van der Waals surface area contributed by atoms with Gasteiger partial charge in [-0.3, -0.25) is 4.21 Å². The Morgan fingerprint density at radius 3 is 2.53 bits per heavy atom. The predicted octanol–water partition coefficient (Wildman–Crippen LogP) is 2.46. The highest BCUT2D eigenvalue weighted by Crippen LogP contribution is 2.21. The monoisotopic (exact) mass is 275 g/mol. The molecule has 0 fully saturated rings. The van der Waals surface area contributed by atoms with E-state index in [4.69, 9.17) is 10.5 Å². The van der Waals surface area contributed by atoms with E-state index in [9.17, 15) is 4.21 Å². The molecule has 0 bridgehead atoms. The van der Waals surface area contributed by atoms with Gasteiger partial charge in [0, 0.05) is 17.0 Å². The van der Waals surface area contributed by atoms with Gasteiger partial charge in [-0.15, -0.1) is 0 Å². The van der Waals surface area contributed by atoms with Crippen LogP contribution in [0.2, 0.25) is 0 Å². The van der Waals surface area contributed by atoms with Crippen molar-refractivity contribution in [2.24, 2.45) is 5.73 Å². The molecule has 0 heterocycles. The first-order valence-corrected chi connectivity index (χ1v) is 7.35. The molecule has 0 spiro atoms. The molecule has 2 aromatic rings. The number of methoxy groups -OCH3 is 1. The van der Waals surface area contributed by atoms with Crippen molar-refractivity contribution in [3.05, 3.63) is 59.7 Å². The maximum Gasteiger partial charge on any atom is 0.123 e. The smallest absolute Gasteiger partial charge is 0.123 e. The number of hydrogen-bond donors (Lipinski definition) is 1. The molecule has 0 aliphatic carbocycles. The van der Waals surface area contributed by atoms with Crippen LogP contribution in [0.15, 0.2) is 53.4 Å². The summed E-state index contributed by atoms with van der Waals surface area (Å²) in [7, 11) is 0.577. The predicted molar refractivity (Wildman–Crippen MR) is 77.4 cm³/mol. The Bertz CT molecular complexity index is 570. The molecule has 4 heteroatoms. The Hall–Kier alpha value is -1.65. The van der Waals surface area contributed by atoms with Gasteiger partial charge in [-0.2, -0.15) is 0 Å². The first kappa shape index (κ1) is 13.8. The normalized spacial score (nSPS) is 12.1. The fourth-order valence-corrected chi connectivity index (χ4v) is 2.96. The topological polar surface area (TPSA) is 52.3 Å². The molecule has 0 radical (unpaired) electrons. The van der Waals surface area contributed by atoms with E-state index in [0.29, 0.717) is 12.3 Å². The highest BCUT2D eigenvalue weighted by molar-refractivity contribution is 7.84. The lowest BCUT2D eigenvalue weighted by atomic mass is 10.1. The van der Waals surface area contributed by atoms with E-state index in [2.05, 4.69) is 0 Å². The van der Waals surface area contributed by atoms with Crippen molar-refractivity contribution in [3.63, 3.8) is 0 Å². The third-order valence-corrected chi connectivity index (χ3v) is 4.27. The maximum atomic E-state index is 12.2. The van der Waals surface area contributed by atoms with Crippen molar-refractivity contribution >= 4 is 10.8 Å². The van der Waals surface area contributed by atoms with Crippen LogP contribution in [0.5, 0.6) is 5.75 Å². The Morgan fingerprint density at radius 1 is 1.16 bits per heavy atom. The Labute approximate surface area is 115 Å². The van der Waals surface area contributed by atoms with Gasteiger partial charge in [-0.25, -0.2) is 0 Å². The second-order valence-electron chi connectivity index (χ2n) is 4.15. The van der Waals surface area contributed by atoms with Crippen LogP contribution in [0.4, 0.5) is 0 Å². The number of ether oxygens (including phenoxy) is 1. The van der Waals surface area contributed by atoms with Crippen molar-refractivity contribution in [1.29, 1.82) is 0 Å². The molecular weight excluding hydrogens is 258 g/mol. The zero-order chi connectivity index (χ0) is 13.7. The van der Waals surface area contributed by atoms with Gasteiger partial charge in [0.2, 0.25) is 0 Å². The van der Waals surface area contributed by atoms with Gasteiger partial charge in [-0.1, -0.05) is 30.3 Å². The standard InChI is InChI=1S/C15H17NO2S/c1-18-15-9-12(7-8-13(15)10-16)11-19(17)14-5-3-2-4-6-14/h2-9H,10-11,16H2,1H3. The summed E-state index contributed by atoms with van der Waals surface area (Å²) in [5.74, 6) is 1.23. The number of benzene rings is 2. The van der Waals surface area contributed by atoms with Crippen LogP contribution in [0.25, 0.3) is 0 Å². The summed E-state index contributed by atoms with van der Waals surface area (Å²) >= 11 is 0. The molecule has 0 amide bonds. The largest absolute Gasteiger partial charge is 0.496 e. The van der Waals surface area contributed by atoms with Gasteiger partial charge < -0.3 is 10.5 Å². The minimum Gasteiger partial charge on any atom is -0.496 e. The van der Waals surface area contributed by atoms with Gasteiger partial charge in [-0.05, 0) is 23.8 Å². The second-order valence-corrected chi connectivity index (χ2v) is 5.60. The lowest BCUT2D eigenvalue weighted by Gasteiger charge is -2.09. The van der Waals surface area contributed by atoms with Crippen LogP contribution in [0.3, 0.4) is 0 Å². The van der Waals surface area contributed by atoms with Crippen LogP contribution < -0.4 is 10.5 Å². The summed E-state index contributed by atoms with van der Waals surface area (Å²) in [4.78, 5) is 0.837. The van der Waals surface area contributed by atoms with Crippen LogP contribution in [-0.4, -0.2) is 11.3 Å². The molecule has 0 saturated carbocycles. The zero-order valence-electron chi connectivity index (χ0n) is 10.8. The molecular formula is C15H17NO2S. The molecule has 0 aliphatic rings. The summed E-state index contributed by atoms with van der Waals surface area (Å²) in [6, 6.07) is 15.2. The Balaban J connectivity index is 2.18. The first-order valence-electron chi connectivity index (χ1n) is 6.04. The first-order chi connectivity index (χ1) is 9.24. The molecule has 0 saturated heterocycles. The molecule has 100 valence electrons. The van der Waals surface area contributed by atoms with E-state index in [1.807, 2.05) is 48.5 Å². The second kappa shape index (κ2) is 6.50. The molecule has 19 heavy (non-hydrogen) atoms. The summed E-state index contributed by atoms with van der Waals surface area (Å²) < 4.78 is 17.5. The van der Waals surface area contributed by atoms with Crippen molar-refractivity contribution in [3.8, 4) is 5.75 Å². The summed E-state index contributed by atoms with van der Waals surface area (Å²) in [5.41, 5.74) is 7.57. The van der Waals surface area contributed by atoms with Gasteiger partial charge in [0.15, 0.2) is 0 Å². The van der Waals surface area contributed by atoms with Crippen molar-refractivity contribution in [2.75, 3.05) is 7.11 Å². The molecule has 3 nitrogen and oxygen atoms in total. The number of hydrogen-bond acceptors (Lipinski definition) is 3. The van der Waals surface area contributed by atoms with Gasteiger partial charge >= 0.3 is 0 Å². The van der Waals surface area contributed by atoms with E-state index in [-0.39, 0.29) is 0 Å². The van der Waals surface area contributed by atoms with E-state index in [1.54, 1.807) is 7.11 Å². The molecule has 1 atom stereocenters. The van der Waals surface area contributed by atoms with E-state index < -0.39 is 10.8 Å². The SMILES string of the molecule is COc1cc(CS(=O)c2ccccc2)ccc1CN. The van der Waals surface area contributed by atoms with E-state index in [0.717, 1.165) is 21.8 Å². The minimum atomic E-state index is -1.04. The van der Waals surface area contributed by atoms with Crippen molar-refractivity contribution < 1.29 is 8.95 Å². The van der Waals surface area contributed by atoms with Crippen LogP contribution in [0.1, 0.15) is 11.1 Å². The quantitative estimate of drug-likeness (QED) is 0.912. The van der Waals surface area contributed by atoms with E-state index in [1.165, 1.54) is 0 Å². The van der Waals surface area contributed by atoms with Crippen LogP contribution in [-0.2, 0) is 23.1 Å². The van der Waals surface area contributed by atoms with Crippen LogP contribution >= 0.6 is 0 Å². The van der Waals surface area contributed by atoms with Gasteiger partial charge in [0.05, 0.1) is 23.7 Å². The molecule has 2 N–H and O–H groups in total. The fourth-order valence-electron chi connectivity index (χ4n) is 1.85. The number of rotatable bonds is 5. The average Bonchev–Trinajstić information content (AvgIpc) is 2.48. The lowest BCUT2D eigenvalue weighted by molar-refractivity contribution is 0.409. The Kier molecular flexibility index (Phi) is 4.71. The fraction of sp³-hybridized carbons (Fsp3) is 0.200. The van der Waals surface area contributed by atoms with Gasteiger partial charge in [0.25, 0.3) is 0 Å². The maximum absolute atomic E-state index is 12.2. The highest BCUT2D eigenvalue weighted by atomic mass is 32.2. The van der Waals surface area contributed by atoms with Crippen molar-refractivity contribution in [1.82, 2.24) is 0 Å². The van der Waals surface area contributed by atoms with Crippen molar-refractivity contribution in [2.45, 2.75) is 17.2 Å². The molecule has 2 rings (SSSR count). The lowest BCUT2D eigenvalue weighted by Crippen LogP contribution is -2.02.